The van der Waals surface area contributed by atoms with Crippen LogP contribution in [0, 0.1) is 5.41 Å². The number of hydrogen-bond acceptors (Lipinski definition) is 2. The van der Waals surface area contributed by atoms with Crippen molar-refractivity contribution in [1.29, 1.82) is 0 Å². The Kier molecular flexibility index (Phi) is 4.24. The highest BCUT2D eigenvalue weighted by atomic mass is 79.9. The molecule has 0 aliphatic heterocycles. The number of benzene rings is 1. The van der Waals surface area contributed by atoms with Gasteiger partial charge in [0, 0.05) is 11.0 Å². The third kappa shape index (κ3) is 3.35. The largest absolute Gasteiger partial charge is 0.481 e. The fraction of sp³-hybridized carbons (Fsp3) is 0.429. The van der Waals surface area contributed by atoms with E-state index in [1.165, 1.54) is 0 Å². The van der Waals surface area contributed by atoms with Crippen molar-refractivity contribution >= 4 is 27.8 Å². The van der Waals surface area contributed by atoms with Crippen LogP contribution in [0.1, 0.15) is 24.8 Å². The van der Waals surface area contributed by atoms with Crippen LogP contribution < -0.4 is 5.32 Å². The summed E-state index contributed by atoms with van der Waals surface area (Å²) in [5, 5.41) is 11.9. The minimum atomic E-state index is -0.803. The lowest BCUT2D eigenvalue weighted by Crippen LogP contribution is -2.47. The van der Waals surface area contributed by atoms with E-state index in [4.69, 9.17) is 5.11 Å². The number of nitrogens with one attached hydrogen (secondary N) is 1. The van der Waals surface area contributed by atoms with Gasteiger partial charge in [0.15, 0.2) is 0 Å². The molecule has 102 valence electrons. The van der Waals surface area contributed by atoms with Crippen molar-refractivity contribution in [2.24, 2.45) is 5.41 Å². The van der Waals surface area contributed by atoms with Crippen molar-refractivity contribution in [2.75, 3.05) is 6.54 Å². The Morgan fingerprint density at radius 3 is 2.37 bits per heavy atom. The van der Waals surface area contributed by atoms with Gasteiger partial charge >= 0.3 is 5.97 Å². The number of carbonyl (C=O) groups excluding carboxylic acids is 1. The van der Waals surface area contributed by atoms with E-state index in [0.29, 0.717) is 12.8 Å². The van der Waals surface area contributed by atoms with E-state index in [1.807, 2.05) is 24.3 Å². The van der Waals surface area contributed by atoms with Crippen molar-refractivity contribution < 1.29 is 14.7 Å². The number of rotatable bonds is 5. The average Bonchev–Trinajstić information content (AvgIpc) is 2.30. The SMILES string of the molecule is O=C(Cc1ccc(Br)cc1)NCC1(C(=O)O)CCC1. The van der Waals surface area contributed by atoms with E-state index < -0.39 is 11.4 Å². The molecule has 0 atom stereocenters. The second-order valence-corrected chi connectivity index (χ2v) is 5.93. The molecule has 1 fully saturated rings. The maximum absolute atomic E-state index is 11.8. The second-order valence-electron chi connectivity index (χ2n) is 5.02. The van der Waals surface area contributed by atoms with E-state index in [0.717, 1.165) is 16.5 Å². The molecule has 0 saturated heterocycles. The topological polar surface area (TPSA) is 66.4 Å². The van der Waals surface area contributed by atoms with Crippen LogP contribution >= 0.6 is 15.9 Å². The number of carboxylic acids is 1. The number of amides is 1. The summed E-state index contributed by atoms with van der Waals surface area (Å²) in [6, 6.07) is 7.51. The Morgan fingerprint density at radius 2 is 1.89 bits per heavy atom. The van der Waals surface area contributed by atoms with Gasteiger partial charge < -0.3 is 10.4 Å². The fourth-order valence-electron chi connectivity index (χ4n) is 2.19. The summed E-state index contributed by atoms with van der Waals surface area (Å²) in [5.41, 5.74) is 0.189. The Labute approximate surface area is 120 Å². The van der Waals surface area contributed by atoms with Crippen LogP contribution in [0.3, 0.4) is 0 Å². The van der Waals surface area contributed by atoms with Gasteiger partial charge in [-0.1, -0.05) is 34.5 Å². The van der Waals surface area contributed by atoms with Crippen LogP contribution in [-0.4, -0.2) is 23.5 Å². The zero-order valence-electron chi connectivity index (χ0n) is 10.5. The molecule has 1 aromatic carbocycles. The minimum absolute atomic E-state index is 0.130. The summed E-state index contributed by atoms with van der Waals surface area (Å²) >= 11 is 3.34. The van der Waals surface area contributed by atoms with Gasteiger partial charge in [-0.25, -0.2) is 0 Å². The highest BCUT2D eigenvalue weighted by Crippen LogP contribution is 2.40. The minimum Gasteiger partial charge on any atom is -0.481 e. The first kappa shape index (κ1) is 14.1. The summed E-state index contributed by atoms with van der Waals surface area (Å²) in [6.45, 7) is 0.234. The van der Waals surface area contributed by atoms with Gasteiger partial charge in [0.2, 0.25) is 5.91 Å². The van der Waals surface area contributed by atoms with Gasteiger partial charge in [-0.15, -0.1) is 0 Å². The summed E-state index contributed by atoms with van der Waals surface area (Å²) in [5.74, 6) is -0.933. The first-order chi connectivity index (χ1) is 9.02. The molecule has 0 bridgehead atoms. The Hall–Kier alpha value is -1.36. The van der Waals surface area contributed by atoms with Gasteiger partial charge in [0.1, 0.15) is 0 Å². The number of halogens is 1. The van der Waals surface area contributed by atoms with Crippen LogP contribution in [0.4, 0.5) is 0 Å². The number of carbonyl (C=O) groups is 2. The molecule has 1 aliphatic rings. The molecule has 19 heavy (non-hydrogen) atoms. The van der Waals surface area contributed by atoms with E-state index in [9.17, 15) is 9.59 Å². The molecule has 1 saturated carbocycles. The summed E-state index contributed by atoms with van der Waals surface area (Å²) in [4.78, 5) is 22.9. The first-order valence-electron chi connectivity index (χ1n) is 6.26. The predicted molar refractivity (Wildman–Crippen MR) is 74.8 cm³/mol. The van der Waals surface area contributed by atoms with Crippen molar-refractivity contribution in [1.82, 2.24) is 5.32 Å². The van der Waals surface area contributed by atoms with Gasteiger partial charge in [-0.3, -0.25) is 9.59 Å². The molecule has 5 heteroatoms. The van der Waals surface area contributed by atoms with Crippen molar-refractivity contribution in [3.05, 3.63) is 34.3 Å². The lowest BCUT2D eigenvalue weighted by Gasteiger charge is -2.37. The highest BCUT2D eigenvalue weighted by molar-refractivity contribution is 9.10. The van der Waals surface area contributed by atoms with Crippen LogP contribution in [0.5, 0.6) is 0 Å². The maximum Gasteiger partial charge on any atom is 0.311 e. The first-order valence-corrected chi connectivity index (χ1v) is 7.06. The van der Waals surface area contributed by atoms with Gasteiger partial charge in [0.25, 0.3) is 0 Å². The van der Waals surface area contributed by atoms with Crippen molar-refractivity contribution in [3.8, 4) is 0 Å². The predicted octanol–water partition coefficient (Wildman–Crippen LogP) is 2.36. The Balaban J connectivity index is 1.85. The molecule has 0 heterocycles. The quantitative estimate of drug-likeness (QED) is 0.873. The van der Waals surface area contributed by atoms with E-state index in [-0.39, 0.29) is 18.9 Å². The van der Waals surface area contributed by atoms with Gasteiger partial charge in [0.05, 0.1) is 11.8 Å². The zero-order valence-corrected chi connectivity index (χ0v) is 12.1. The molecule has 0 aromatic heterocycles. The number of hydrogen-bond donors (Lipinski definition) is 2. The van der Waals surface area contributed by atoms with Crippen molar-refractivity contribution in [2.45, 2.75) is 25.7 Å². The normalized spacial score (nSPS) is 16.5. The van der Waals surface area contributed by atoms with Crippen LogP contribution in [0.2, 0.25) is 0 Å². The molecule has 1 aromatic rings. The average molecular weight is 326 g/mol. The third-order valence-electron chi connectivity index (χ3n) is 3.67. The standard InChI is InChI=1S/C14H16BrNO3/c15-11-4-2-10(3-5-11)8-12(17)16-9-14(13(18)19)6-1-7-14/h2-5H,1,6-9H2,(H,16,17)(H,18,19). The number of aliphatic carboxylic acids is 1. The summed E-state index contributed by atoms with van der Waals surface area (Å²) < 4.78 is 0.968. The van der Waals surface area contributed by atoms with Crippen LogP contribution in [-0.2, 0) is 16.0 Å². The number of carboxylic acid groups (broad SMARTS) is 1. The molecule has 0 radical (unpaired) electrons. The Morgan fingerprint density at radius 1 is 1.26 bits per heavy atom. The summed E-state index contributed by atoms with van der Waals surface area (Å²) in [7, 11) is 0. The van der Waals surface area contributed by atoms with Gasteiger partial charge in [-0.2, -0.15) is 0 Å². The molecule has 1 amide bonds. The molecule has 4 nitrogen and oxygen atoms in total. The van der Waals surface area contributed by atoms with E-state index >= 15 is 0 Å². The monoisotopic (exact) mass is 325 g/mol. The molecule has 2 rings (SSSR count). The Bertz CT molecular complexity index is 480. The lowest BCUT2D eigenvalue weighted by molar-refractivity contribution is -0.154. The highest BCUT2D eigenvalue weighted by Gasteiger charge is 2.44. The van der Waals surface area contributed by atoms with E-state index in [1.54, 1.807) is 0 Å². The second kappa shape index (κ2) is 5.74. The van der Waals surface area contributed by atoms with E-state index in [2.05, 4.69) is 21.2 Å². The molecule has 0 spiro atoms. The van der Waals surface area contributed by atoms with Crippen LogP contribution in [0.15, 0.2) is 28.7 Å². The smallest absolute Gasteiger partial charge is 0.311 e. The summed E-state index contributed by atoms with van der Waals surface area (Å²) in [6.07, 6.45) is 2.51. The zero-order chi connectivity index (χ0) is 13.9. The fourth-order valence-corrected chi connectivity index (χ4v) is 2.45. The van der Waals surface area contributed by atoms with Crippen molar-refractivity contribution in [3.63, 3.8) is 0 Å². The molecule has 1 aliphatic carbocycles. The third-order valence-corrected chi connectivity index (χ3v) is 4.19. The van der Waals surface area contributed by atoms with Crippen LogP contribution in [0.25, 0.3) is 0 Å². The molecular formula is C14H16BrNO3. The molecule has 2 N–H and O–H groups in total. The lowest BCUT2D eigenvalue weighted by atomic mass is 9.69. The molecular weight excluding hydrogens is 310 g/mol. The molecule has 0 unspecified atom stereocenters. The van der Waals surface area contributed by atoms with Gasteiger partial charge in [-0.05, 0) is 30.5 Å². The maximum atomic E-state index is 11.8.